The zero-order valence-electron chi connectivity index (χ0n) is 19.2. The number of hydrogen-bond donors (Lipinski definition) is 1. The largest absolute Gasteiger partial charge is 0.496 e. The summed E-state index contributed by atoms with van der Waals surface area (Å²) in [5, 5.41) is 2.91. The van der Waals surface area contributed by atoms with Gasteiger partial charge in [-0.3, -0.25) is 19.4 Å². The maximum Gasteiger partial charge on any atom is 0.325 e. The summed E-state index contributed by atoms with van der Waals surface area (Å²) in [7, 11) is 1.69. The topological polar surface area (TPSA) is 82.2 Å². The van der Waals surface area contributed by atoms with E-state index < -0.39 is 5.54 Å². The number of benzene rings is 1. The maximum absolute atomic E-state index is 12.9. The number of imide groups is 1. The minimum atomic E-state index is -0.721. The van der Waals surface area contributed by atoms with Crippen LogP contribution in [0.4, 0.5) is 4.79 Å². The molecular weight excluding hydrogens is 408 g/mol. The molecule has 0 radical (unpaired) electrons. The van der Waals surface area contributed by atoms with E-state index in [4.69, 9.17) is 4.74 Å². The first-order valence-corrected chi connectivity index (χ1v) is 11.7. The fraction of sp³-hybridized carbons (Fsp3) is 0.625. The van der Waals surface area contributed by atoms with Gasteiger partial charge in [0, 0.05) is 51.3 Å². The summed E-state index contributed by atoms with van der Waals surface area (Å²) in [6.45, 7) is 5.89. The van der Waals surface area contributed by atoms with Gasteiger partial charge in [-0.1, -0.05) is 37.0 Å². The monoisotopic (exact) mass is 442 g/mol. The summed E-state index contributed by atoms with van der Waals surface area (Å²) < 4.78 is 5.48. The van der Waals surface area contributed by atoms with Gasteiger partial charge >= 0.3 is 6.03 Å². The van der Waals surface area contributed by atoms with Gasteiger partial charge in [-0.15, -0.1) is 0 Å². The zero-order valence-corrected chi connectivity index (χ0v) is 19.2. The molecule has 3 fully saturated rings. The Labute approximate surface area is 189 Å². The third kappa shape index (κ3) is 4.60. The number of carbonyl (C=O) groups excluding carboxylic acids is 3. The van der Waals surface area contributed by atoms with Crippen molar-refractivity contribution >= 4 is 17.8 Å². The highest BCUT2D eigenvalue weighted by atomic mass is 16.5. The van der Waals surface area contributed by atoms with Crippen molar-refractivity contribution in [2.45, 2.75) is 57.5 Å². The van der Waals surface area contributed by atoms with Crippen LogP contribution in [0.15, 0.2) is 18.2 Å². The van der Waals surface area contributed by atoms with Gasteiger partial charge in [0.2, 0.25) is 5.91 Å². The van der Waals surface area contributed by atoms with Crippen molar-refractivity contribution in [3.05, 3.63) is 29.3 Å². The maximum atomic E-state index is 12.9. The second-order valence-electron chi connectivity index (χ2n) is 9.25. The first-order valence-electron chi connectivity index (χ1n) is 11.7. The second-order valence-corrected chi connectivity index (χ2v) is 9.25. The lowest BCUT2D eigenvalue weighted by Crippen LogP contribution is -2.49. The molecule has 174 valence electrons. The molecule has 1 aromatic carbocycles. The highest BCUT2D eigenvalue weighted by molar-refractivity contribution is 6.07. The Morgan fingerprint density at radius 1 is 1.09 bits per heavy atom. The smallest absolute Gasteiger partial charge is 0.325 e. The van der Waals surface area contributed by atoms with Crippen molar-refractivity contribution in [3.8, 4) is 5.75 Å². The van der Waals surface area contributed by atoms with Crippen LogP contribution in [0.1, 0.15) is 49.7 Å². The summed E-state index contributed by atoms with van der Waals surface area (Å²) in [6.07, 6.45) is 4.60. The molecule has 1 spiro atoms. The lowest BCUT2D eigenvalue weighted by atomic mass is 9.82. The van der Waals surface area contributed by atoms with Crippen molar-refractivity contribution in [2.24, 2.45) is 0 Å². The number of nitrogens with zero attached hydrogens (tertiary/aromatic N) is 3. The van der Waals surface area contributed by atoms with E-state index in [1.165, 1.54) is 10.5 Å². The van der Waals surface area contributed by atoms with Gasteiger partial charge in [-0.2, -0.15) is 0 Å². The van der Waals surface area contributed by atoms with Crippen molar-refractivity contribution < 1.29 is 19.1 Å². The Kier molecular flexibility index (Phi) is 6.69. The molecule has 32 heavy (non-hydrogen) atoms. The number of piperazine rings is 1. The zero-order chi connectivity index (χ0) is 22.7. The van der Waals surface area contributed by atoms with Crippen LogP contribution in [-0.2, 0) is 16.1 Å². The average molecular weight is 443 g/mol. The number of carbonyl (C=O) groups is 3. The number of hydrogen-bond acceptors (Lipinski definition) is 5. The Morgan fingerprint density at radius 2 is 1.81 bits per heavy atom. The molecule has 1 aliphatic carbocycles. The van der Waals surface area contributed by atoms with E-state index in [2.05, 4.69) is 23.2 Å². The van der Waals surface area contributed by atoms with E-state index in [1.54, 1.807) is 7.11 Å². The number of aryl methyl sites for hydroxylation is 1. The van der Waals surface area contributed by atoms with Crippen LogP contribution in [0.2, 0.25) is 0 Å². The Morgan fingerprint density at radius 3 is 2.50 bits per heavy atom. The van der Waals surface area contributed by atoms with Gasteiger partial charge in [0.05, 0.1) is 7.11 Å². The molecule has 0 aromatic heterocycles. The molecule has 0 atom stereocenters. The predicted octanol–water partition coefficient (Wildman–Crippen LogP) is 2.29. The minimum absolute atomic E-state index is 0.00276. The number of amides is 4. The Balaban J connectivity index is 1.26. The summed E-state index contributed by atoms with van der Waals surface area (Å²) in [5.74, 6) is 0.744. The summed E-state index contributed by atoms with van der Waals surface area (Å²) in [5.41, 5.74) is 1.63. The van der Waals surface area contributed by atoms with Crippen molar-refractivity contribution in [1.82, 2.24) is 20.0 Å². The molecule has 0 bridgehead atoms. The summed E-state index contributed by atoms with van der Waals surface area (Å²) in [4.78, 5) is 43.5. The van der Waals surface area contributed by atoms with E-state index in [1.807, 2.05) is 17.0 Å². The molecule has 8 heteroatoms. The molecule has 2 aliphatic heterocycles. The van der Waals surface area contributed by atoms with E-state index in [-0.39, 0.29) is 30.8 Å². The van der Waals surface area contributed by atoms with Gasteiger partial charge < -0.3 is 15.0 Å². The molecule has 1 saturated carbocycles. The van der Waals surface area contributed by atoms with E-state index in [0.29, 0.717) is 25.9 Å². The molecule has 1 N–H and O–H groups in total. The molecular formula is C24H34N4O4. The van der Waals surface area contributed by atoms with E-state index in [0.717, 1.165) is 50.2 Å². The number of methoxy groups -OCH3 is 1. The van der Waals surface area contributed by atoms with Gasteiger partial charge in [0.15, 0.2) is 0 Å². The van der Waals surface area contributed by atoms with Crippen LogP contribution < -0.4 is 10.1 Å². The number of rotatable bonds is 6. The normalized spacial score (nSPS) is 21.2. The van der Waals surface area contributed by atoms with Crippen molar-refractivity contribution in [2.75, 3.05) is 39.8 Å². The van der Waals surface area contributed by atoms with Crippen LogP contribution in [-0.4, -0.2) is 77.9 Å². The van der Waals surface area contributed by atoms with Crippen LogP contribution in [0.3, 0.4) is 0 Å². The van der Waals surface area contributed by atoms with Gasteiger partial charge in [0.25, 0.3) is 5.91 Å². The molecule has 0 unspecified atom stereocenters. The highest BCUT2D eigenvalue weighted by Crippen LogP contribution is 2.33. The lowest BCUT2D eigenvalue weighted by molar-refractivity contribution is -0.135. The molecule has 2 heterocycles. The fourth-order valence-electron chi connectivity index (χ4n) is 5.17. The number of nitrogens with one attached hydrogen (secondary N) is 1. The third-order valence-corrected chi connectivity index (χ3v) is 7.06. The SMILES string of the molecule is COc1ccc(C)cc1CN1CCN(C(=O)CCN2C(=O)NC3(CCCCC3)C2=O)CC1. The summed E-state index contributed by atoms with van der Waals surface area (Å²) in [6, 6.07) is 5.84. The number of ether oxygens (including phenoxy) is 1. The quantitative estimate of drug-likeness (QED) is 0.684. The van der Waals surface area contributed by atoms with Gasteiger partial charge in [0.1, 0.15) is 11.3 Å². The molecule has 4 rings (SSSR count). The highest BCUT2D eigenvalue weighted by Gasteiger charge is 2.51. The Hall–Kier alpha value is -2.61. The van der Waals surface area contributed by atoms with Gasteiger partial charge in [-0.05, 0) is 25.8 Å². The van der Waals surface area contributed by atoms with E-state index >= 15 is 0 Å². The third-order valence-electron chi connectivity index (χ3n) is 7.06. The standard InChI is InChI=1S/C24H34N4O4/c1-18-6-7-20(32-2)19(16-18)17-26-12-14-27(15-13-26)21(29)8-11-28-22(30)24(25-23(28)31)9-4-3-5-10-24/h6-7,16H,3-5,8-15,17H2,1-2H3,(H,25,31). The molecule has 1 aromatic rings. The lowest BCUT2D eigenvalue weighted by Gasteiger charge is -2.35. The first-order chi connectivity index (χ1) is 15.4. The first kappa shape index (κ1) is 22.6. The Bertz CT molecular complexity index is 873. The molecule has 2 saturated heterocycles. The number of urea groups is 1. The average Bonchev–Trinajstić information content (AvgIpc) is 3.02. The summed E-state index contributed by atoms with van der Waals surface area (Å²) >= 11 is 0. The minimum Gasteiger partial charge on any atom is -0.496 e. The molecule has 8 nitrogen and oxygen atoms in total. The second kappa shape index (κ2) is 9.48. The van der Waals surface area contributed by atoms with Crippen molar-refractivity contribution in [3.63, 3.8) is 0 Å². The fourth-order valence-corrected chi connectivity index (χ4v) is 5.17. The molecule has 3 aliphatic rings. The predicted molar refractivity (Wildman–Crippen MR) is 120 cm³/mol. The van der Waals surface area contributed by atoms with Crippen LogP contribution in [0, 0.1) is 6.92 Å². The van der Waals surface area contributed by atoms with Crippen molar-refractivity contribution in [1.29, 1.82) is 0 Å². The van der Waals surface area contributed by atoms with Crippen LogP contribution in [0.25, 0.3) is 0 Å². The van der Waals surface area contributed by atoms with E-state index in [9.17, 15) is 14.4 Å². The van der Waals surface area contributed by atoms with Crippen LogP contribution >= 0.6 is 0 Å². The van der Waals surface area contributed by atoms with Crippen LogP contribution in [0.5, 0.6) is 5.75 Å². The molecule has 4 amide bonds. The van der Waals surface area contributed by atoms with Gasteiger partial charge in [-0.25, -0.2) is 4.79 Å².